The molecule has 0 heterocycles. The van der Waals surface area contributed by atoms with Gasteiger partial charge in [0, 0.05) is 23.1 Å². The molecule has 126 valence electrons. The number of benzene rings is 1. The lowest BCUT2D eigenvalue weighted by atomic mass is 9.78. The minimum Gasteiger partial charge on any atom is -0.352 e. The molecule has 1 aromatic rings. The molecule has 1 N–H and O–H groups in total. The van der Waals surface area contributed by atoms with E-state index in [9.17, 15) is 14.9 Å². The van der Waals surface area contributed by atoms with Crippen LogP contribution >= 0.6 is 11.8 Å². The third kappa shape index (κ3) is 4.70. The van der Waals surface area contributed by atoms with Gasteiger partial charge in [-0.15, -0.1) is 11.8 Å². The van der Waals surface area contributed by atoms with E-state index in [0.717, 1.165) is 11.3 Å². The van der Waals surface area contributed by atoms with Gasteiger partial charge in [0.1, 0.15) is 0 Å². The van der Waals surface area contributed by atoms with E-state index in [4.69, 9.17) is 0 Å². The summed E-state index contributed by atoms with van der Waals surface area (Å²) in [5.74, 6) is 1.19. The third-order valence-corrected chi connectivity index (χ3v) is 5.88. The molecule has 0 spiro atoms. The number of amides is 1. The normalized spacial score (nSPS) is 25.6. The van der Waals surface area contributed by atoms with Crippen molar-refractivity contribution in [1.82, 2.24) is 5.32 Å². The Morgan fingerprint density at radius 1 is 1.30 bits per heavy atom. The highest BCUT2D eigenvalue weighted by Gasteiger charge is 2.29. The van der Waals surface area contributed by atoms with Gasteiger partial charge < -0.3 is 5.32 Å². The van der Waals surface area contributed by atoms with Crippen molar-refractivity contribution in [3.63, 3.8) is 0 Å². The molecule has 1 saturated carbocycles. The smallest absolute Gasteiger partial charge is 0.269 e. The van der Waals surface area contributed by atoms with Crippen molar-refractivity contribution < 1.29 is 9.72 Å². The molecule has 0 bridgehead atoms. The maximum atomic E-state index is 12.4. The first kappa shape index (κ1) is 17.8. The molecule has 23 heavy (non-hydrogen) atoms. The number of nitro groups is 1. The molecule has 0 saturated heterocycles. The minimum atomic E-state index is -0.420. The van der Waals surface area contributed by atoms with Gasteiger partial charge in [-0.05, 0) is 37.3 Å². The van der Waals surface area contributed by atoms with Crippen LogP contribution < -0.4 is 5.32 Å². The lowest BCUT2D eigenvalue weighted by molar-refractivity contribution is -0.384. The average Bonchev–Trinajstić information content (AvgIpc) is 2.52. The van der Waals surface area contributed by atoms with Crippen LogP contribution in [0.3, 0.4) is 0 Å². The number of hydrogen-bond acceptors (Lipinski definition) is 4. The Balaban J connectivity index is 1.90. The Labute approximate surface area is 141 Å². The molecule has 1 aromatic carbocycles. The molecule has 6 heteroatoms. The van der Waals surface area contributed by atoms with Gasteiger partial charge in [-0.1, -0.05) is 26.7 Å². The van der Waals surface area contributed by atoms with E-state index in [-0.39, 0.29) is 22.9 Å². The van der Waals surface area contributed by atoms with E-state index in [1.54, 1.807) is 12.1 Å². The summed E-state index contributed by atoms with van der Waals surface area (Å²) in [5.41, 5.74) is 0.0662. The fraction of sp³-hybridized carbons (Fsp3) is 0.588. The molecule has 0 aliphatic heterocycles. The number of hydrogen-bond donors (Lipinski definition) is 1. The monoisotopic (exact) mass is 336 g/mol. The summed E-state index contributed by atoms with van der Waals surface area (Å²) >= 11 is 1.43. The summed E-state index contributed by atoms with van der Waals surface area (Å²) in [7, 11) is 0. The molecule has 1 aliphatic rings. The van der Waals surface area contributed by atoms with Crippen molar-refractivity contribution in [3.8, 4) is 0 Å². The van der Waals surface area contributed by atoms with Crippen molar-refractivity contribution in [1.29, 1.82) is 0 Å². The first-order valence-electron chi connectivity index (χ1n) is 8.10. The van der Waals surface area contributed by atoms with Crippen LogP contribution in [-0.2, 0) is 4.79 Å². The molecule has 1 fully saturated rings. The maximum Gasteiger partial charge on any atom is 0.269 e. The minimum absolute atomic E-state index is 0.0410. The van der Waals surface area contributed by atoms with Crippen LogP contribution in [0.2, 0.25) is 0 Å². The lowest BCUT2D eigenvalue weighted by Crippen LogP contribution is -2.46. The highest BCUT2D eigenvalue weighted by Crippen LogP contribution is 2.30. The zero-order valence-electron chi connectivity index (χ0n) is 13.8. The number of rotatable bonds is 5. The summed E-state index contributed by atoms with van der Waals surface area (Å²) in [4.78, 5) is 23.5. The standard InChI is InChI=1S/C17H24N2O3S/c1-11-5-4-6-16(12(11)2)18-17(20)13(3)23-15-9-7-14(8-10-15)19(21)22/h7-13,16H,4-6H2,1-3H3,(H,18,20). The number of carbonyl (C=O) groups is 1. The van der Waals surface area contributed by atoms with Gasteiger partial charge in [0.15, 0.2) is 0 Å². The van der Waals surface area contributed by atoms with Gasteiger partial charge in [0.25, 0.3) is 5.69 Å². The molecular weight excluding hydrogens is 312 g/mol. The predicted molar refractivity (Wildman–Crippen MR) is 92.5 cm³/mol. The van der Waals surface area contributed by atoms with E-state index in [1.807, 2.05) is 6.92 Å². The summed E-state index contributed by atoms with van der Waals surface area (Å²) in [6, 6.07) is 6.58. The van der Waals surface area contributed by atoms with Crippen LogP contribution in [0.15, 0.2) is 29.2 Å². The van der Waals surface area contributed by atoms with Crippen LogP contribution in [0.1, 0.15) is 40.0 Å². The quantitative estimate of drug-likeness (QED) is 0.501. The lowest BCUT2D eigenvalue weighted by Gasteiger charge is -2.35. The molecule has 5 nitrogen and oxygen atoms in total. The van der Waals surface area contributed by atoms with E-state index < -0.39 is 4.92 Å². The molecule has 4 unspecified atom stereocenters. The molecule has 1 amide bonds. The van der Waals surface area contributed by atoms with Crippen LogP contribution in [0.4, 0.5) is 5.69 Å². The van der Waals surface area contributed by atoms with Crippen molar-refractivity contribution >= 4 is 23.4 Å². The highest BCUT2D eigenvalue weighted by molar-refractivity contribution is 8.00. The van der Waals surface area contributed by atoms with Crippen LogP contribution in [-0.4, -0.2) is 22.1 Å². The zero-order valence-corrected chi connectivity index (χ0v) is 14.6. The van der Waals surface area contributed by atoms with Crippen molar-refractivity contribution in [2.75, 3.05) is 0 Å². The van der Waals surface area contributed by atoms with Crippen molar-refractivity contribution in [2.45, 2.75) is 56.2 Å². The van der Waals surface area contributed by atoms with Gasteiger partial charge in [-0.2, -0.15) is 0 Å². The maximum absolute atomic E-state index is 12.4. The first-order valence-corrected chi connectivity index (χ1v) is 8.98. The van der Waals surface area contributed by atoms with Crippen LogP contribution in [0.5, 0.6) is 0 Å². The molecule has 2 rings (SSSR count). The second-order valence-electron chi connectivity index (χ2n) is 6.39. The van der Waals surface area contributed by atoms with Gasteiger partial charge in [0.2, 0.25) is 5.91 Å². The molecule has 1 aliphatic carbocycles. The summed E-state index contributed by atoms with van der Waals surface area (Å²) < 4.78 is 0. The number of thioether (sulfide) groups is 1. The Morgan fingerprint density at radius 2 is 1.96 bits per heavy atom. The predicted octanol–water partition coefficient (Wildman–Crippen LogP) is 4.02. The summed E-state index contributed by atoms with van der Waals surface area (Å²) in [6.45, 7) is 6.33. The third-order valence-electron chi connectivity index (χ3n) is 4.76. The number of nitro benzene ring substituents is 1. The Hall–Kier alpha value is -1.56. The number of nitrogens with one attached hydrogen (secondary N) is 1. The Morgan fingerprint density at radius 3 is 2.57 bits per heavy atom. The Kier molecular flexibility index (Phi) is 6.04. The second kappa shape index (κ2) is 7.81. The van der Waals surface area contributed by atoms with E-state index >= 15 is 0 Å². The molecular formula is C17H24N2O3S. The van der Waals surface area contributed by atoms with E-state index in [0.29, 0.717) is 11.8 Å². The fourth-order valence-corrected chi connectivity index (χ4v) is 3.87. The van der Waals surface area contributed by atoms with Gasteiger partial charge in [-0.3, -0.25) is 14.9 Å². The average molecular weight is 336 g/mol. The van der Waals surface area contributed by atoms with E-state index in [2.05, 4.69) is 19.2 Å². The number of carbonyl (C=O) groups excluding carboxylic acids is 1. The molecule has 0 radical (unpaired) electrons. The topological polar surface area (TPSA) is 72.2 Å². The summed E-state index contributed by atoms with van der Waals surface area (Å²) in [5, 5.41) is 13.6. The van der Waals surface area contributed by atoms with Gasteiger partial charge >= 0.3 is 0 Å². The van der Waals surface area contributed by atoms with Crippen molar-refractivity contribution in [3.05, 3.63) is 34.4 Å². The van der Waals surface area contributed by atoms with Gasteiger partial charge in [-0.25, -0.2) is 0 Å². The number of non-ortho nitro benzene ring substituents is 1. The molecule has 4 atom stereocenters. The molecule has 0 aromatic heterocycles. The number of nitrogens with zero attached hydrogens (tertiary/aromatic N) is 1. The largest absolute Gasteiger partial charge is 0.352 e. The van der Waals surface area contributed by atoms with Gasteiger partial charge in [0.05, 0.1) is 10.2 Å². The van der Waals surface area contributed by atoms with E-state index in [1.165, 1.54) is 36.7 Å². The highest BCUT2D eigenvalue weighted by atomic mass is 32.2. The van der Waals surface area contributed by atoms with Crippen LogP contribution in [0.25, 0.3) is 0 Å². The second-order valence-corrected chi connectivity index (χ2v) is 7.81. The SMILES string of the molecule is CC(Sc1ccc([N+](=O)[O-])cc1)C(=O)NC1CCCC(C)C1C. The first-order chi connectivity index (χ1) is 10.9. The zero-order chi connectivity index (χ0) is 17.0. The fourth-order valence-electron chi connectivity index (χ4n) is 2.99. The Bertz CT molecular complexity index is 561. The van der Waals surface area contributed by atoms with Crippen molar-refractivity contribution in [2.24, 2.45) is 11.8 Å². The summed E-state index contributed by atoms with van der Waals surface area (Å²) in [6.07, 6.45) is 3.45. The van der Waals surface area contributed by atoms with Crippen LogP contribution in [0, 0.1) is 22.0 Å².